The van der Waals surface area contributed by atoms with Crippen LogP contribution in [0, 0.1) is 45.3 Å². The summed E-state index contributed by atoms with van der Waals surface area (Å²) in [4.78, 5) is 0. The molecule has 0 unspecified atom stereocenters. The molecule has 15 atom stereocenters. The molecule has 0 bridgehead atoms. The number of allylic oxidation sites excluding steroid dienone is 2. The van der Waals surface area contributed by atoms with Gasteiger partial charge in [-0.3, -0.25) is 0 Å². The van der Waals surface area contributed by atoms with Gasteiger partial charge in [-0.1, -0.05) is 46.3 Å². The highest BCUT2D eigenvalue weighted by atomic mass is 16.7. The fourth-order valence-electron chi connectivity index (χ4n) is 11.9. The highest BCUT2D eigenvalue weighted by molar-refractivity contribution is 5.20. The monoisotopic (exact) mass is 622 g/mol. The zero-order valence-electron chi connectivity index (χ0n) is 28.5. The molecule has 4 aliphatic carbocycles. The van der Waals surface area contributed by atoms with Crippen molar-refractivity contribution in [3.8, 4) is 0 Å². The number of hydrogen-bond acceptors (Lipinski definition) is 8. The topological polar surface area (TPSA) is 140 Å². The van der Waals surface area contributed by atoms with Crippen LogP contribution in [0.25, 0.3) is 0 Å². The summed E-state index contributed by atoms with van der Waals surface area (Å²) in [5.41, 5.74) is 0.122. The van der Waals surface area contributed by atoms with Gasteiger partial charge in [-0.15, -0.1) is 0 Å². The standard InChI is InChI=1S/C36H62O8/c1-20(2)10-9-14-36(8,42)21-11-16-35(7)27(21)22(38)18-25-33(5)15-13-26(32(3,4)24(33)12-17-34(25,35)6)44-31-30(41)29(40)28(39)23(19-37)43-31/h10,21-31,37-42H,9,11-19H2,1-8H3/t21-,22+,23+,24-,25-,26-,27-,28+,29-,30+,31-,33-,34+,35+,36+/m0/s1. The van der Waals surface area contributed by atoms with Crippen molar-refractivity contribution >= 4 is 0 Å². The molecule has 0 aromatic rings. The Balaban J connectivity index is 1.37. The first-order valence-electron chi connectivity index (χ1n) is 17.3. The lowest BCUT2D eigenvalue weighted by Gasteiger charge is -2.70. The first-order valence-corrected chi connectivity index (χ1v) is 17.3. The Morgan fingerprint density at radius 3 is 2.18 bits per heavy atom. The minimum Gasteiger partial charge on any atom is -0.394 e. The van der Waals surface area contributed by atoms with Gasteiger partial charge in [-0.2, -0.15) is 0 Å². The SMILES string of the molecule is CC(C)=CCC[C@@](C)(O)[C@H]1CC[C@]2(C)[C@@H]1[C@H](O)C[C@H]1[C@@]3(C)CC[C@H](O[C@@H]4O[C@H](CO)[C@@H](O)[C@H](O)[C@H]4O)C(C)(C)[C@@H]3CC[C@]12C. The van der Waals surface area contributed by atoms with Gasteiger partial charge in [-0.25, -0.2) is 0 Å². The molecule has 0 aromatic heterocycles. The highest BCUT2D eigenvalue weighted by Crippen LogP contribution is 2.76. The molecule has 254 valence electrons. The summed E-state index contributed by atoms with van der Waals surface area (Å²) >= 11 is 0. The number of rotatable bonds is 7. The van der Waals surface area contributed by atoms with Crippen molar-refractivity contribution in [2.75, 3.05) is 6.61 Å². The minimum atomic E-state index is -1.46. The first kappa shape index (κ1) is 34.7. The van der Waals surface area contributed by atoms with Crippen molar-refractivity contribution in [3.63, 3.8) is 0 Å². The van der Waals surface area contributed by atoms with Crippen LogP contribution in [0.4, 0.5) is 0 Å². The second-order valence-electron chi connectivity index (χ2n) is 17.3. The molecule has 6 N–H and O–H groups in total. The Hall–Kier alpha value is -0.580. The van der Waals surface area contributed by atoms with Gasteiger partial charge in [0.05, 0.1) is 24.4 Å². The summed E-state index contributed by atoms with van der Waals surface area (Å²) in [7, 11) is 0. The maximum absolute atomic E-state index is 12.0. The molecule has 0 radical (unpaired) electrons. The molecule has 0 spiro atoms. The van der Waals surface area contributed by atoms with E-state index < -0.39 is 49.0 Å². The molecule has 5 fully saturated rings. The second kappa shape index (κ2) is 11.8. The molecule has 0 amide bonds. The fourth-order valence-corrected chi connectivity index (χ4v) is 11.9. The first-order chi connectivity index (χ1) is 20.3. The smallest absolute Gasteiger partial charge is 0.186 e. The van der Waals surface area contributed by atoms with Crippen LogP contribution in [-0.2, 0) is 9.47 Å². The second-order valence-corrected chi connectivity index (χ2v) is 17.3. The number of aliphatic hydroxyl groups is 6. The van der Waals surface area contributed by atoms with Gasteiger partial charge in [-0.05, 0) is 124 Å². The van der Waals surface area contributed by atoms with E-state index in [4.69, 9.17) is 9.47 Å². The average molecular weight is 623 g/mol. The number of ether oxygens (including phenoxy) is 2. The van der Waals surface area contributed by atoms with E-state index in [0.29, 0.717) is 18.3 Å². The Morgan fingerprint density at radius 2 is 1.55 bits per heavy atom. The van der Waals surface area contributed by atoms with Crippen LogP contribution in [0.5, 0.6) is 0 Å². The lowest BCUT2D eigenvalue weighted by atomic mass is 9.35. The van der Waals surface area contributed by atoms with Crippen LogP contribution in [0.2, 0.25) is 0 Å². The third kappa shape index (κ3) is 5.26. The van der Waals surface area contributed by atoms with E-state index in [-0.39, 0.29) is 39.6 Å². The van der Waals surface area contributed by atoms with Gasteiger partial charge in [0.2, 0.25) is 0 Å². The van der Waals surface area contributed by atoms with E-state index in [1.807, 2.05) is 6.92 Å². The van der Waals surface area contributed by atoms with E-state index >= 15 is 0 Å². The molecule has 4 saturated carbocycles. The van der Waals surface area contributed by atoms with E-state index in [2.05, 4.69) is 54.5 Å². The Morgan fingerprint density at radius 1 is 0.886 bits per heavy atom. The maximum atomic E-state index is 12.0. The quantitative estimate of drug-likeness (QED) is 0.182. The summed E-state index contributed by atoms with van der Waals surface area (Å²) in [5.74, 6) is 0.792. The Labute approximate surface area is 265 Å². The van der Waals surface area contributed by atoms with Crippen molar-refractivity contribution in [3.05, 3.63) is 11.6 Å². The lowest BCUT2D eigenvalue weighted by Crippen LogP contribution is -2.67. The molecule has 1 heterocycles. The van der Waals surface area contributed by atoms with Crippen LogP contribution in [0.3, 0.4) is 0 Å². The minimum absolute atomic E-state index is 0.0231. The van der Waals surface area contributed by atoms with Crippen molar-refractivity contribution in [2.45, 2.75) is 162 Å². The predicted molar refractivity (Wildman–Crippen MR) is 168 cm³/mol. The predicted octanol–water partition coefficient (Wildman–Crippen LogP) is 4.32. The molecule has 8 heteroatoms. The van der Waals surface area contributed by atoms with Crippen molar-refractivity contribution in [2.24, 2.45) is 45.3 Å². The number of hydrogen-bond donors (Lipinski definition) is 6. The third-order valence-corrected chi connectivity index (χ3v) is 14.5. The Bertz CT molecular complexity index is 1070. The summed E-state index contributed by atoms with van der Waals surface area (Å²) in [5, 5.41) is 64.8. The summed E-state index contributed by atoms with van der Waals surface area (Å²) in [6.45, 7) is 17.5. The van der Waals surface area contributed by atoms with Crippen LogP contribution in [-0.4, -0.2) is 85.8 Å². The molecule has 1 aliphatic heterocycles. The average Bonchev–Trinajstić information content (AvgIpc) is 3.32. The Kier molecular flexibility index (Phi) is 9.35. The molecule has 8 nitrogen and oxygen atoms in total. The summed E-state index contributed by atoms with van der Waals surface area (Å²) < 4.78 is 12.2. The van der Waals surface area contributed by atoms with E-state index in [1.165, 1.54) is 5.57 Å². The van der Waals surface area contributed by atoms with Gasteiger partial charge in [0.25, 0.3) is 0 Å². The van der Waals surface area contributed by atoms with Crippen LogP contribution in [0.15, 0.2) is 11.6 Å². The zero-order valence-corrected chi connectivity index (χ0v) is 28.5. The largest absolute Gasteiger partial charge is 0.394 e. The van der Waals surface area contributed by atoms with Crippen LogP contribution in [0.1, 0.15) is 113 Å². The van der Waals surface area contributed by atoms with Gasteiger partial charge < -0.3 is 40.1 Å². The molecule has 5 rings (SSSR count). The fraction of sp³-hybridized carbons (Fsp3) is 0.944. The van der Waals surface area contributed by atoms with Gasteiger partial charge in [0, 0.05) is 0 Å². The normalized spacial score (nSPS) is 51.5. The molecule has 5 aliphatic rings. The van der Waals surface area contributed by atoms with Gasteiger partial charge >= 0.3 is 0 Å². The molecular formula is C36H62O8. The molecular weight excluding hydrogens is 560 g/mol. The number of aliphatic hydroxyl groups excluding tert-OH is 5. The van der Waals surface area contributed by atoms with Crippen molar-refractivity contribution < 1.29 is 40.1 Å². The van der Waals surface area contributed by atoms with Gasteiger partial charge in [0.1, 0.15) is 24.4 Å². The van der Waals surface area contributed by atoms with E-state index in [1.54, 1.807) is 0 Å². The number of fused-ring (bicyclic) bond motifs is 5. The summed E-state index contributed by atoms with van der Waals surface area (Å²) in [6, 6.07) is 0. The third-order valence-electron chi connectivity index (χ3n) is 14.5. The van der Waals surface area contributed by atoms with Crippen LogP contribution >= 0.6 is 0 Å². The lowest BCUT2D eigenvalue weighted by molar-refractivity contribution is -0.332. The summed E-state index contributed by atoms with van der Waals surface area (Å²) in [6.07, 6.45) is 3.15. The van der Waals surface area contributed by atoms with E-state index in [9.17, 15) is 30.6 Å². The van der Waals surface area contributed by atoms with Gasteiger partial charge in [0.15, 0.2) is 6.29 Å². The van der Waals surface area contributed by atoms with Crippen molar-refractivity contribution in [1.29, 1.82) is 0 Å². The highest BCUT2D eigenvalue weighted by Gasteiger charge is 2.71. The van der Waals surface area contributed by atoms with Crippen molar-refractivity contribution in [1.82, 2.24) is 0 Å². The molecule has 44 heavy (non-hydrogen) atoms. The zero-order chi connectivity index (χ0) is 32.6. The van der Waals surface area contributed by atoms with Crippen LogP contribution < -0.4 is 0 Å². The molecule has 0 aromatic carbocycles. The van der Waals surface area contributed by atoms with E-state index in [0.717, 1.165) is 51.4 Å². The molecule has 1 saturated heterocycles. The maximum Gasteiger partial charge on any atom is 0.186 e.